The largest absolute Gasteiger partial charge is 0.440 e. The Morgan fingerprint density at radius 1 is 1.67 bits per heavy atom. The Balaban J connectivity index is 2.18. The van der Waals surface area contributed by atoms with Gasteiger partial charge in [0.1, 0.15) is 6.04 Å². The highest BCUT2D eigenvalue weighted by Crippen LogP contribution is 2.21. The van der Waals surface area contributed by atoms with Gasteiger partial charge in [0, 0.05) is 6.54 Å². The van der Waals surface area contributed by atoms with E-state index in [0.29, 0.717) is 6.54 Å². The van der Waals surface area contributed by atoms with E-state index in [1.165, 1.54) is 17.0 Å². The monoisotopic (exact) mass is 224 g/mol. The number of amides is 1. The molecule has 1 unspecified atom stereocenters. The van der Waals surface area contributed by atoms with E-state index < -0.39 is 0 Å². The van der Waals surface area contributed by atoms with Crippen LogP contribution in [0.2, 0.25) is 5.22 Å². The molecule has 15 heavy (non-hydrogen) atoms. The highest BCUT2D eigenvalue weighted by molar-refractivity contribution is 6.29. The third-order valence-corrected chi connectivity index (χ3v) is 2.65. The van der Waals surface area contributed by atoms with Gasteiger partial charge in [-0.25, -0.2) is 0 Å². The maximum absolute atomic E-state index is 11.9. The van der Waals surface area contributed by atoms with E-state index in [1.54, 1.807) is 0 Å². The lowest BCUT2D eigenvalue weighted by Gasteiger charge is -2.17. The highest BCUT2D eigenvalue weighted by atomic mass is 35.5. The Bertz CT molecular complexity index is 421. The molecule has 1 aliphatic rings. The molecular weight excluding hydrogens is 216 g/mol. The number of furan rings is 1. The van der Waals surface area contributed by atoms with E-state index in [4.69, 9.17) is 21.3 Å². The number of carbonyl (C=O) groups is 1. The van der Waals surface area contributed by atoms with Crippen LogP contribution in [-0.4, -0.2) is 23.4 Å². The number of rotatable bonds is 1. The van der Waals surface area contributed by atoms with Gasteiger partial charge in [0.15, 0.2) is 11.0 Å². The van der Waals surface area contributed by atoms with Gasteiger partial charge in [0.05, 0.1) is 6.07 Å². The molecule has 0 saturated carbocycles. The molecule has 1 aromatic rings. The Morgan fingerprint density at radius 3 is 3.07 bits per heavy atom. The molecule has 0 spiro atoms. The number of nitriles is 1. The molecule has 78 valence electrons. The maximum Gasteiger partial charge on any atom is 0.290 e. The first kappa shape index (κ1) is 10.1. The lowest BCUT2D eigenvalue weighted by atomic mass is 10.2. The van der Waals surface area contributed by atoms with E-state index in [-0.39, 0.29) is 22.9 Å². The third-order valence-electron chi connectivity index (χ3n) is 2.45. The number of carbonyl (C=O) groups excluding carboxylic acids is 1. The van der Waals surface area contributed by atoms with Crippen LogP contribution in [0.25, 0.3) is 0 Å². The minimum absolute atomic E-state index is 0.186. The number of hydrogen-bond acceptors (Lipinski definition) is 3. The summed E-state index contributed by atoms with van der Waals surface area (Å²) in [4.78, 5) is 13.4. The van der Waals surface area contributed by atoms with Crippen molar-refractivity contribution in [2.24, 2.45) is 0 Å². The summed E-state index contributed by atoms with van der Waals surface area (Å²) >= 11 is 5.58. The zero-order valence-electron chi connectivity index (χ0n) is 7.94. The summed E-state index contributed by atoms with van der Waals surface area (Å²) in [5, 5.41) is 9.02. The van der Waals surface area contributed by atoms with E-state index in [9.17, 15) is 4.79 Å². The van der Waals surface area contributed by atoms with Crippen molar-refractivity contribution in [2.75, 3.05) is 6.54 Å². The Kier molecular flexibility index (Phi) is 2.65. The first-order valence-corrected chi connectivity index (χ1v) is 5.06. The van der Waals surface area contributed by atoms with Crippen LogP contribution in [0, 0.1) is 11.3 Å². The molecule has 0 aromatic carbocycles. The molecule has 1 fully saturated rings. The van der Waals surface area contributed by atoms with E-state index >= 15 is 0 Å². The summed E-state index contributed by atoms with van der Waals surface area (Å²) in [5.74, 6) is -0.0619. The lowest BCUT2D eigenvalue weighted by Crippen LogP contribution is -2.34. The third kappa shape index (κ3) is 1.83. The van der Waals surface area contributed by atoms with Gasteiger partial charge in [0.25, 0.3) is 5.91 Å². The molecule has 1 aliphatic heterocycles. The number of hydrogen-bond donors (Lipinski definition) is 0. The summed E-state index contributed by atoms with van der Waals surface area (Å²) in [7, 11) is 0. The van der Waals surface area contributed by atoms with Gasteiger partial charge in [-0.2, -0.15) is 5.26 Å². The SMILES string of the molecule is N#CC1CCCN1C(=O)c1ccc(Cl)o1. The number of nitrogens with zero attached hydrogens (tertiary/aromatic N) is 2. The van der Waals surface area contributed by atoms with Crippen molar-refractivity contribution in [1.82, 2.24) is 4.90 Å². The normalized spacial score (nSPS) is 20.3. The van der Waals surface area contributed by atoms with Crippen molar-refractivity contribution in [3.63, 3.8) is 0 Å². The molecule has 2 heterocycles. The maximum atomic E-state index is 11.9. The van der Waals surface area contributed by atoms with Crippen LogP contribution < -0.4 is 0 Å². The fourth-order valence-corrected chi connectivity index (χ4v) is 1.86. The predicted molar refractivity (Wildman–Crippen MR) is 53.4 cm³/mol. The molecule has 5 heteroatoms. The molecule has 0 aliphatic carbocycles. The van der Waals surface area contributed by atoms with E-state index in [2.05, 4.69) is 6.07 Å². The van der Waals surface area contributed by atoms with Crippen molar-refractivity contribution in [1.29, 1.82) is 5.26 Å². The first-order chi connectivity index (χ1) is 7.22. The fourth-order valence-electron chi connectivity index (χ4n) is 1.71. The van der Waals surface area contributed by atoms with Gasteiger partial charge < -0.3 is 9.32 Å². The van der Waals surface area contributed by atoms with Crippen LogP contribution in [-0.2, 0) is 0 Å². The van der Waals surface area contributed by atoms with Crippen LogP contribution in [0.15, 0.2) is 16.5 Å². The average Bonchev–Trinajstić information content (AvgIpc) is 2.84. The summed E-state index contributed by atoms with van der Waals surface area (Å²) in [6.45, 7) is 0.607. The summed E-state index contributed by atoms with van der Waals surface area (Å²) < 4.78 is 5.02. The second kappa shape index (κ2) is 3.95. The van der Waals surface area contributed by atoms with Gasteiger partial charge in [0.2, 0.25) is 0 Å². The van der Waals surface area contributed by atoms with Crippen molar-refractivity contribution in [3.8, 4) is 6.07 Å². The van der Waals surface area contributed by atoms with Crippen LogP contribution in [0.4, 0.5) is 0 Å². The van der Waals surface area contributed by atoms with Gasteiger partial charge >= 0.3 is 0 Å². The molecule has 0 N–H and O–H groups in total. The predicted octanol–water partition coefficient (Wildman–Crippen LogP) is 2.06. The number of likely N-dealkylation sites (tertiary alicyclic amines) is 1. The van der Waals surface area contributed by atoms with Gasteiger partial charge in [-0.1, -0.05) is 0 Å². The van der Waals surface area contributed by atoms with Crippen molar-refractivity contribution < 1.29 is 9.21 Å². The average molecular weight is 225 g/mol. The summed E-state index contributed by atoms with van der Waals surface area (Å²) in [5.41, 5.74) is 0. The molecule has 1 amide bonds. The molecule has 0 radical (unpaired) electrons. The van der Waals surface area contributed by atoms with Gasteiger partial charge in [-0.05, 0) is 36.6 Å². The molecule has 1 saturated heterocycles. The van der Waals surface area contributed by atoms with E-state index in [1.807, 2.05) is 0 Å². The second-order valence-electron chi connectivity index (χ2n) is 3.39. The van der Waals surface area contributed by atoms with Crippen LogP contribution in [0.1, 0.15) is 23.4 Å². The van der Waals surface area contributed by atoms with Crippen LogP contribution >= 0.6 is 11.6 Å². The number of halogens is 1. The fraction of sp³-hybridized carbons (Fsp3) is 0.400. The molecule has 0 bridgehead atoms. The summed E-state index contributed by atoms with van der Waals surface area (Å²) in [6, 6.07) is 4.82. The molecule has 1 atom stereocenters. The van der Waals surface area contributed by atoms with Crippen molar-refractivity contribution in [3.05, 3.63) is 23.1 Å². The van der Waals surface area contributed by atoms with Crippen LogP contribution in [0.3, 0.4) is 0 Å². The highest BCUT2D eigenvalue weighted by Gasteiger charge is 2.30. The van der Waals surface area contributed by atoms with Crippen molar-refractivity contribution >= 4 is 17.5 Å². The molecule has 2 rings (SSSR count). The second-order valence-corrected chi connectivity index (χ2v) is 3.76. The standard InChI is InChI=1S/C10H9ClN2O2/c11-9-4-3-8(15-9)10(14)13-5-1-2-7(13)6-12/h3-4,7H,1-2,5H2. The topological polar surface area (TPSA) is 57.2 Å². The van der Waals surface area contributed by atoms with Gasteiger partial charge in [-0.15, -0.1) is 0 Å². The minimum atomic E-state index is -0.332. The zero-order valence-corrected chi connectivity index (χ0v) is 8.70. The Hall–Kier alpha value is -1.47. The first-order valence-electron chi connectivity index (χ1n) is 4.68. The Morgan fingerprint density at radius 2 is 2.47 bits per heavy atom. The molecular formula is C10H9ClN2O2. The van der Waals surface area contributed by atoms with Crippen molar-refractivity contribution in [2.45, 2.75) is 18.9 Å². The summed E-state index contributed by atoms with van der Waals surface area (Å²) in [6.07, 6.45) is 1.59. The smallest absolute Gasteiger partial charge is 0.290 e. The minimum Gasteiger partial charge on any atom is -0.440 e. The van der Waals surface area contributed by atoms with E-state index in [0.717, 1.165) is 12.8 Å². The van der Waals surface area contributed by atoms with Crippen LogP contribution in [0.5, 0.6) is 0 Å². The quantitative estimate of drug-likeness (QED) is 0.734. The molecule has 1 aromatic heterocycles. The molecule has 4 nitrogen and oxygen atoms in total. The zero-order chi connectivity index (χ0) is 10.8. The van der Waals surface area contributed by atoms with Gasteiger partial charge in [-0.3, -0.25) is 4.79 Å². The Labute approximate surface area is 92.0 Å². The lowest BCUT2D eigenvalue weighted by molar-refractivity contribution is 0.0733.